The third-order valence-corrected chi connectivity index (χ3v) is 3.36. The van der Waals surface area contributed by atoms with Crippen molar-refractivity contribution in [3.63, 3.8) is 0 Å². The van der Waals surface area contributed by atoms with Crippen molar-refractivity contribution in [3.8, 4) is 5.75 Å². The molecule has 7 heteroatoms. The number of halogens is 2. The van der Waals surface area contributed by atoms with E-state index < -0.39 is 6.10 Å². The summed E-state index contributed by atoms with van der Waals surface area (Å²) in [5.74, 6) is -0.125. The van der Waals surface area contributed by atoms with Crippen molar-refractivity contribution in [1.82, 2.24) is 5.32 Å². The van der Waals surface area contributed by atoms with Gasteiger partial charge < -0.3 is 14.8 Å². The molecule has 0 aliphatic heterocycles. The minimum absolute atomic E-state index is 0.136. The second kappa shape index (κ2) is 8.89. The minimum atomic E-state index is -0.690. The molecule has 1 atom stereocenters. The molecule has 1 aromatic rings. The van der Waals surface area contributed by atoms with Crippen molar-refractivity contribution < 1.29 is 19.1 Å². The number of nitrogens with one attached hydrogen (secondary N) is 1. The van der Waals surface area contributed by atoms with Gasteiger partial charge in [0.15, 0.2) is 6.10 Å². The fourth-order valence-electron chi connectivity index (χ4n) is 1.48. The Hall–Kier alpha value is -1.27. The zero-order valence-corrected chi connectivity index (χ0v) is 14.2. The van der Waals surface area contributed by atoms with E-state index in [1.807, 2.05) is 0 Å². The van der Waals surface area contributed by atoms with Crippen LogP contribution >= 0.6 is 27.5 Å². The Morgan fingerprint density at radius 1 is 1.43 bits per heavy atom. The van der Waals surface area contributed by atoms with Crippen LogP contribution in [0.2, 0.25) is 5.02 Å². The SMILES string of the molecule is CCOC(=O)CCNC(=O)C(C)Oc1ccc(Cl)cc1Br. The molecule has 0 aliphatic rings. The second-order valence-corrected chi connectivity index (χ2v) is 5.47. The largest absolute Gasteiger partial charge is 0.480 e. The van der Waals surface area contributed by atoms with Crippen LogP contribution in [0.25, 0.3) is 0 Å². The summed E-state index contributed by atoms with van der Waals surface area (Å²) in [6.07, 6.45) is -0.554. The van der Waals surface area contributed by atoms with E-state index in [9.17, 15) is 9.59 Å². The number of benzene rings is 1. The van der Waals surface area contributed by atoms with Crippen LogP contribution in [0.1, 0.15) is 20.3 Å². The molecule has 0 aromatic heterocycles. The Labute approximate surface area is 137 Å². The Kier molecular flexibility index (Phi) is 7.53. The molecule has 1 rings (SSSR count). The quantitative estimate of drug-likeness (QED) is 0.741. The summed E-state index contributed by atoms with van der Waals surface area (Å²) in [5, 5.41) is 3.19. The monoisotopic (exact) mass is 377 g/mol. The summed E-state index contributed by atoms with van der Waals surface area (Å²) in [7, 11) is 0. The molecular weight excluding hydrogens is 362 g/mol. The zero-order valence-electron chi connectivity index (χ0n) is 11.8. The highest BCUT2D eigenvalue weighted by Crippen LogP contribution is 2.28. The third-order valence-electron chi connectivity index (χ3n) is 2.50. The smallest absolute Gasteiger partial charge is 0.307 e. The highest BCUT2D eigenvalue weighted by Gasteiger charge is 2.16. The van der Waals surface area contributed by atoms with Gasteiger partial charge in [-0.1, -0.05) is 11.6 Å². The van der Waals surface area contributed by atoms with Gasteiger partial charge in [0, 0.05) is 11.6 Å². The number of hydrogen-bond acceptors (Lipinski definition) is 4. The van der Waals surface area contributed by atoms with Crippen LogP contribution in [-0.2, 0) is 14.3 Å². The van der Waals surface area contributed by atoms with E-state index in [0.717, 1.165) is 0 Å². The van der Waals surface area contributed by atoms with E-state index >= 15 is 0 Å². The first-order chi connectivity index (χ1) is 9.93. The Balaban J connectivity index is 2.42. The van der Waals surface area contributed by atoms with Gasteiger partial charge in [-0.15, -0.1) is 0 Å². The standard InChI is InChI=1S/C14H17BrClNO4/c1-3-20-13(18)6-7-17-14(19)9(2)21-12-5-4-10(16)8-11(12)15/h4-5,8-9H,3,6-7H2,1-2H3,(H,17,19). The molecule has 0 fully saturated rings. The molecular formula is C14H17BrClNO4. The van der Waals surface area contributed by atoms with Gasteiger partial charge in [0.2, 0.25) is 0 Å². The lowest BCUT2D eigenvalue weighted by Gasteiger charge is -2.15. The average Bonchev–Trinajstić information content (AvgIpc) is 2.42. The lowest BCUT2D eigenvalue weighted by Crippen LogP contribution is -2.37. The maximum absolute atomic E-state index is 11.8. The lowest BCUT2D eigenvalue weighted by molar-refractivity contribution is -0.143. The first-order valence-electron chi connectivity index (χ1n) is 6.49. The highest BCUT2D eigenvalue weighted by atomic mass is 79.9. The number of esters is 1. The van der Waals surface area contributed by atoms with Crippen molar-refractivity contribution in [2.24, 2.45) is 0 Å². The minimum Gasteiger partial charge on any atom is -0.480 e. The molecule has 5 nitrogen and oxygen atoms in total. The van der Waals surface area contributed by atoms with Crippen molar-refractivity contribution in [3.05, 3.63) is 27.7 Å². The summed E-state index contributed by atoms with van der Waals surface area (Å²) in [6.45, 7) is 3.90. The number of carbonyl (C=O) groups is 2. The van der Waals surface area contributed by atoms with Crippen molar-refractivity contribution in [1.29, 1.82) is 0 Å². The molecule has 116 valence electrons. The van der Waals surface area contributed by atoms with Crippen LogP contribution in [0.5, 0.6) is 5.75 Å². The van der Waals surface area contributed by atoms with E-state index in [0.29, 0.717) is 21.9 Å². The Morgan fingerprint density at radius 3 is 2.76 bits per heavy atom. The first-order valence-corrected chi connectivity index (χ1v) is 7.66. The molecule has 0 saturated carbocycles. The van der Waals surface area contributed by atoms with Gasteiger partial charge >= 0.3 is 5.97 Å². The summed E-state index contributed by atoms with van der Waals surface area (Å²) in [5.41, 5.74) is 0. The molecule has 0 heterocycles. The molecule has 0 spiro atoms. The van der Waals surface area contributed by atoms with Gasteiger partial charge in [0.05, 0.1) is 17.5 Å². The number of carbonyl (C=O) groups excluding carboxylic acids is 2. The first kappa shape index (κ1) is 17.8. The molecule has 1 unspecified atom stereocenters. The number of rotatable bonds is 7. The molecule has 0 saturated heterocycles. The van der Waals surface area contributed by atoms with Crippen LogP contribution in [0.4, 0.5) is 0 Å². The van der Waals surface area contributed by atoms with Gasteiger partial charge in [-0.25, -0.2) is 0 Å². The fourth-order valence-corrected chi connectivity index (χ4v) is 2.26. The molecule has 1 amide bonds. The van der Waals surface area contributed by atoms with Gasteiger partial charge in [-0.3, -0.25) is 9.59 Å². The Morgan fingerprint density at radius 2 is 2.14 bits per heavy atom. The average molecular weight is 379 g/mol. The summed E-state index contributed by atoms with van der Waals surface area (Å²) in [6, 6.07) is 5.03. The highest BCUT2D eigenvalue weighted by molar-refractivity contribution is 9.10. The molecule has 0 radical (unpaired) electrons. The van der Waals surface area contributed by atoms with Crippen molar-refractivity contribution >= 4 is 39.4 Å². The maximum Gasteiger partial charge on any atom is 0.307 e. The third kappa shape index (κ3) is 6.35. The van der Waals surface area contributed by atoms with Crippen LogP contribution in [0, 0.1) is 0 Å². The molecule has 0 bridgehead atoms. The van der Waals surface area contributed by atoms with Gasteiger partial charge in [0.1, 0.15) is 5.75 Å². The van der Waals surface area contributed by atoms with E-state index in [-0.39, 0.29) is 24.8 Å². The van der Waals surface area contributed by atoms with Gasteiger partial charge in [-0.2, -0.15) is 0 Å². The zero-order chi connectivity index (χ0) is 15.8. The van der Waals surface area contributed by atoms with Crippen LogP contribution in [0.3, 0.4) is 0 Å². The van der Waals surface area contributed by atoms with Gasteiger partial charge in [0.25, 0.3) is 5.91 Å². The fraction of sp³-hybridized carbons (Fsp3) is 0.429. The normalized spacial score (nSPS) is 11.6. The summed E-state index contributed by atoms with van der Waals surface area (Å²) in [4.78, 5) is 23.0. The lowest BCUT2D eigenvalue weighted by atomic mass is 10.3. The molecule has 1 N–H and O–H groups in total. The Bertz CT molecular complexity index is 510. The van der Waals surface area contributed by atoms with E-state index in [4.69, 9.17) is 21.1 Å². The maximum atomic E-state index is 11.8. The predicted octanol–water partition coefficient (Wildman–Crippen LogP) is 2.94. The summed E-state index contributed by atoms with van der Waals surface area (Å²) >= 11 is 9.14. The van der Waals surface area contributed by atoms with Gasteiger partial charge in [-0.05, 0) is 48.0 Å². The van der Waals surface area contributed by atoms with Crippen LogP contribution in [-0.4, -0.2) is 31.1 Å². The summed E-state index contributed by atoms with van der Waals surface area (Å²) < 4.78 is 11.0. The van der Waals surface area contributed by atoms with Crippen LogP contribution < -0.4 is 10.1 Å². The molecule has 0 aliphatic carbocycles. The second-order valence-electron chi connectivity index (χ2n) is 4.18. The molecule has 21 heavy (non-hydrogen) atoms. The van der Waals surface area contributed by atoms with Crippen LogP contribution in [0.15, 0.2) is 22.7 Å². The van der Waals surface area contributed by atoms with Crippen molar-refractivity contribution in [2.75, 3.05) is 13.2 Å². The topological polar surface area (TPSA) is 64.6 Å². The van der Waals surface area contributed by atoms with Crippen molar-refractivity contribution in [2.45, 2.75) is 26.4 Å². The van der Waals surface area contributed by atoms with E-state index in [1.54, 1.807) is 32.0 Å². The van der Waals surface area contributed by atoms with E-state index in [2.05, 4.69) is 21.2 Å². The molecule has 1 aromatic carbocycles. The van der Waals surface area contributed by atoms with E-state index in [1.165, 1.54) is 0 Å². The number of amides is 1. The predicted molar refractivity (Wildman–Crippen MR) is 83.5 cm³/mol. The number of hydrogen-bond donors (Lipinski definition) is 1. The number of ether oxygens (including phenoxy) is 2.